The number of hydrogen-bond donors (Lipinski definition) is 0. The van der Waals surface area contributed by atoms with Gasteiger partial charge in [-0.05, 0) is 25.3 Å². The third-order valence-electron chi connectivity index (χ3n) is 4.16. The molecule has 1 heterocycles. The van der Waals surface area contributed by atoms with Crippen LogP contribution in [-0.4, -0.2) is 48.2 Å². The van der Waals surface area contributed by atoms with Crippen LogP contribution in [0.2, 0.25) is 0 Å². The van der Waals surface area contributed by atoms with E-state index >= 15 is 0 Å². The van der Waals surface area contributed by atoms with Gasteiger partial charge in [-0.3, -0.25) is 9.59 Å². The maximum atomic E-state index is 12.6. The van der Waals surface area contributed by atoms with Crippen LogP contribution in [0.1, 0.15) is 38.7 Å². The van der Waals surface area contributed by atoms with E-state index in [0.717, 1.165) is 5.56 Å². The van der Waals surface area contributed by atoms with Gasteiger partial charge in [0, 0.05) is 13.5 Å². The third kappa shape index (κ3) is 5.75. The van der Waals surface area contributed by atoms with E-state index in [1.165, 1.54) is 11.8 Å². The molecule has 0 bridgehead atoms. The van der Waals surface area contributed by atoms with Gasteiger partial charge in [0.25, 0.3) is 0 Å². The molecular weight excluding hydrogens is 338 g/mol. The zero-order valence-electron chi connectivity index (χ0n) is 15.2. The molecule has 142 valence electrons. The number of rotatable bonds is 6. The minimum atomic E-state index is -0.588. The first-order valence-electron chi connectivity index (χ1n) is 8.81. The van der Waals surface area contributed by atoms with Gasteiger partial charge in [-0.25, -0.2) is 4.79 Å². The molecule has 0 saturated carbocycles. The van der Waals surface area contributed by atoms with E-state index in [-0.39, 0.29) is 19.6 Å². The van der Waals surface area contributed by atoms with Gasteiger partial charge in [0.1, 0.15) is 12.7 Å². The second-order valence-electron chi connectivity index (χ2n) is 6.10. The van der Waals surface area contributed by atoms with Crippen molar-refractivity contribution in [2.24, 2.45) is 0 Å². The van der Waals surface area contributed by atoms with E-state index in [2.05, 4.69) is 0 Å². The zero-order chi connectivity index (χ0) is 18.9. The highest BCUT2D eigenvalue weighted by atomic mass is 16.6. The van der Waals surface area contributed by atoms with E-state index in [1.807, 2.05) is 30.3 Å². The number of carbonyl (C=O) groups is 3. The van der Waals surface area contributed by atoms with Crippen LogP contribution in [-0.2, 0) is 30.4 Å². The number of hydrogen-bond acceptors (Lipinski definition) is 6. The molecular formula is C19H25NO6. The molecule has 0 aliphatic carbocycles. The Kier molecular flexibility index (Phi) is 7.44. The number of likely N-dealkylation sites (tertiary alicyclic amines) is 1. The molecule has 0 N–H and O–H groups in total. The molecule has 1 unspecified atom stereocenters. The molecule has 0 aromatic heterocycles. The van der Waals surface area contributed by atoms with E-state index < -0.39 is 30.2 Å². The normalized spacial score (nSPS) is 19.5. The first-order chi connectivity index (χ1) is 12.5. The van der Waals surface area contributed by atoms with Crippen molar-refractivity contribution in [3.8, 4) is 0 Å². The van der Waals surface area contributed by atoms with E-state index in [9.17, 15) is 14.4 Å². The van der Waals surface area contributed by atoms with Crippen molar-refractivity contribution in [3.63, 3.8) is 0 Å². The summed E-state index contributed by atoms with van der Waals surface area (Å²) in [4.78, 5) is 37.4. The molecule has 1 amide bonds. The highest BCUT2D eigenvalue weighted by molar-refractivity contribution is 5.73. The Balaban J connectivity index is 2.06. The topological polar surface area (TPSA) is 82.1 Å². The first-order valence-corrected chi connectivity index (χ1v) is 8.81. The van der Waals surface area contributed by atoms with E-state index in [1.54, 1.807) is 6.92 Å². The quantitative estimate of drug-likeness (QED) is 0.571. The molecule has 1 fully saturated rings. The highest BCUT2D eigenvalue weighted by Gasteiger charge is 2.38. The Morgan fingerprint density at radius 1 is 1.15 bits per heavy atom. The Morgan fingerprint density at radius 3 is 2.54 bits per heavy atom. The lowest BCUT2D eigenvalue weighted by molar-refractivity contribution is -0.157. The Morgan fingerprint density at radius 2 is 1.88 bits per heavy atom. The molecule has 1 aromatic rings. The number of benzene rings is 1. The predicted molar refractivity (Wildman–Crippen MR) is 93.2 cm³/mol. The van der Waals surface area contributed by atoms with Crippen molar-refractivity contribution >= 4 is 18.0 Å². The van der Waals surface area contributed by atoms with Crippen molar-refractivity contribution in [1.29, 1.82) is 0 Å². The third-order valence-corrected chi connectivity index (χ3v) is 4.16. The average Bonchev–Trinajstić information content (AvgIpc) is 2.62. The fourth-order valence-corrected chi connectivity index (χ4v) is 3.03. The van der Waals surface area contributed by atoms with Crippen LogP contribution in [0.15, 0.2) is 30.3 Å². The van der Waals surface area contributed by atoms with Crippen LogP contribution in [0.5, 0.6) is 0 Å². The van der Waals surface area contributed by atoms with Gasteiger partial charge >= 0.3 is 18.0 Å². The maximum absolute atomic E-state index is 12.6. The van der Waals surface area contributed by atoms with Crippen molar-refractivity contribution in [2.45, 2.75) is 51.9 Å². The zero-order valence-corrected chi connectivity index (χ0v) is 15.2. The summed E-state index contributed by atoms with van der Waals surface area (Å²) in [7, 11) is 0. The largest absolute Gasteiger partial charge is 0.466 e. The summed E-state index contributed by atoms with van der Waals surface area (Å²) in [6, 6.07) is 8.75. The first kappa shape index (κ1) is 19.8. The van der Waals surface area contributed by atoms with Crippen molar-refractivity contribution in [1.82, 2.24) is 4.90 Å². The lowest BCUT2D eigenvalue weighted by Crippen LogP contribution is -2.53. The minimum absolute atomic E-state index is 0.0355. The fourth-order valence-electron chi connectivity index (χ4n) is 3.03. The molecule has 2 atom stereocenters. The molecule has 1 aliphatic rings. The van der Waals surface area contributed by atoms with Crippen LogP contribution in [0.3, 0.4) is 0 Å². The molecule has 7 nitrogen and oxygen atoms in total. The number of piperidine rings is 1. The van der Waals surface area contributed by atoms with Crippen molar-refractivity contribution in [2.75, 3.05) is 13.2 Å². The summed E-state index contributed by atoms with van der Waals surface area (Å²) in [6.45, 7) is 3.86. The number of esters is 2. The molecule has 26 heavy (non-hydrogen) atoms. The summed E-state index contributed by atoms with van der Waals surface area (Å²) >= 11 is 0. The lowest BCUT2D eigenvalue weighted by atomic mass is 9.96. The van der Waals surface area contributed by atoms with Crippen molar-refractivity contribution < 1.29 is 28.6 Å². The second kappa shape index (κ2) is 9.79. The monoisotopic (exact) mass is 363 g/mol. The maximum Gasteiger partial charge on any atom is 0.410 e. The van der Waals surface area contributed by atoms with Gasteiger partial charge in [-0.1, -0.05) is 30.3 Å². The molecule has 1 saturated heterocycles. The number of ether oxygens (including phenoxy) is 3. The summed E-state index contributed by atoms with van der Waals surface area (Å²) in [6.07, 6.45) is 0.144. The summed E-state index contributed by atoms with van der Waals surface area (Å²) in [5.74, 6) is -0.874. The highest BCUT2D eigenvalue weighted by Crippen LogP contribution is 2.25. The number of amides is 1. The SMILES string of the molecule is CCOC(=O)CC1[C@@H](OC(C)=O)CCCN1C(=O)OCc1ccccc1. The van der Waals surface area contributed by atoms with Crippen LogP contribution in [0.4, 0.5) is 4.79 Å². The van der Waals surface area contributed by atoms with E-state index in [4.69, 9.17) is 14.2 Å². The summed E-state index contributed by atoms with van der Waals surface area (Å²) < 4.78 is 15.7. The minimum Gasteiger partial charge on any atom is -0.466 e. The van der Waals surface area contributed by atoms with Crippen LogP contribution in [0.25, 0.3) is 0 Å². The standard InChI is InChI=1S/C19H25NO6/c1-3-24-18(22)12-16-17(26-14(2)21)10-7-11-20(16)19(23)25-13-15-8-5-4-6-9-15/h4-6,8-9,16-17H,3,7,10-13H2,1-2H3/t16?,17-/m0/s1. The fraction of sp³-hybridized carbons (Fsp3) is 0.526. The Hall–Kier alpha value is -2.57. The van der Waals surface area contributed by atoms with Crippen molar-refractivity contribution in [3.05, 3.63) is 35.9 Å². The molecule has 7 heteroatoms. The lowest BCUT2D eigenvalue weighted by Gasteiger charge is -2.39. The van der Waals surface area contributed by atoms with Gasteiger partial charge in [0.2, 0.25) is 0 Å². The van der Waals surface area contributed by atoms with Gasteiger partial charge in [0.15, 0.2) is 0 Å². The van der Waals surface area contributed by atoms with Gasteiger partial charge in [-0.15, -0.1) is 0 Å². The van der Waals surface area contributed by atoms with Gasteiger partial charge in [0.05, 0.1) is 19.1 Å². The number of nitrogens with zero attached hydrogens (tertiary/aromatic N) is 1. The van der Waals surface area contributed by atoms with Crippen LogP contribution in [0, 0.1) is 0 Å². The summed E-state index contributed by atoms with van der Waals surface area (Å²) in [5.41, 5.74) is 0.872. The molecule has 0 spiro atoms. The van der Waals surface area contributed by atoms with Gasteiger partial charge < -0.3 is 19.1 Å². The van der Waals surface area contributed by atoms with Crippen LogP contribution >= 0.6 is 0 Å². The Bertz CT molecular complexity index is 618. The number of carbonyl (C=O) groups excluding carboxylic acids is 3. The molecule has 1 aromatic carbocycles. The van der Waals surface area contributed by atoms with Gasteiger partial charge in [-0.2, -0.15) is 0 Å². The predicted octanol–water partition coefficient (Wildman–Crippen LogP) is 2.67. The second-order valence-corrected chi connectivity index (χ2v) is 6.10. The van der Waals surface area contributed by atoms with E-state index in [0.29, 0.717) is 19.4 Å². The molecule has 1 aliphatic heterocycles. The molecule has 2 rings (SSSR count). The Labute approximate surface area is 153 Å². The molecule has 0 radical (unpaired) electrons. The summed E-state index contributed by atoms with van der Waals surface area (Å²) in [5, 5.41) is 0. The van der Waals surface area contributed by atoms with Crippen LogP contribution < -0.4 is 0 Å². The smallest absolute Gasteiger partial charge is 0.410 e. The average molecular weight is 363 g/mol.